The van der Waals surface area contributed by atoms with E-state index >= 15 is 0 Å². The largest absolute Gasteiger partial charge is 0.457 e. The van der Waals surface area contributed by atoms with Crippen LogP contribution >= 0.6 is 0 Å². The lowest BCUT2D eigenvalue weighted by atomic mass is 10.1. The zero-order valence-corrected chi connectivity index (χ0v) is 15.8. The predicted octanol–water partition coefficient (Wildman–Crippen LogP) is 5.45. The number of ether oxygens (including phenoxy) is 1. The Bertz CT molecular complexity index is 1180. The zero-order chi connectivity index (χ0) is 20.5. The third kappa shape index (κ3) is 3.73. The highest BCUT2D eigenvalue weighted by molar-refractivity contribution is 6.04. The van der Waals surface area contributed by atoms with Gasteiger partial charge < -0.3 is 9.15 Å². The predicted molar refractivity (Wildman–Crippen MR) is 109 cm³/mol. The van der Waals surface area contributed by atoms with E-state index in [1.54, 1.807) is 30.4 Å². The first-order valence-corrected chi connectivity index (χ1v) is 8.98. The van der Waals surface area contributed by atoms with Crippen molar-refractivity contribution in [3.05, 3.63) is 98.8 Å². The van der Waals surface area contributed by atoms with Gasteiger partial charge in [-0.25, -0.2) is 4.79 Å². The van der Waals surface area contributed by atoms with Crippen molar-refractivity contribution in [1.82, 2.24) is 0 Å². The standard InChI is InChI=1S/C23H17NO5/c1-14-3-6-16(7-4-14)22-12-17(23(25)29-22)11-19-9-10-21(28-19)20-13-18(24(26)27)8-5-15(20)2/h3-13H,1-2H3. The van der Waals surface area contributed by atoms with E-state index in [9.17, 15) is 14.9 Å². The van der Waals surface area contributed by atoms with E-state index in [-0.39, 0.29) is 5.69 Å². The molecule has 1 aromatic heterocycles. The number of non-ortho nitro benzene ring substituents is 1. The van der Waals surface area contributed by atoms with Crippen molar-refractivity contribution < 1.29 is 18.9 Å². The summed E-state index contributed by atoms with van der Waals surface area (Å²) in [5.41, 5.74) is 3.79. The molecule has 0 saturated carbocycles. The second-order valence-corrected chi connectivity index (χ2v) is 6.82. The number of rotatable bonds is 4. The fourth-order valence-electron chi connectivity index (χ4n) is 3.07. The Morgan fingerprint density at radius 2 is 1.76 bits per heavy atom. The maximum atomic E-state index is 12.2. The summed E-state index contributed by atoms with van der Waals surface area (Å²) in [5.74, 6) is 0.985. The first-order chi connectivity index (χ1) is 13.9. The smallest absolute Gasteiger partial charge is 0.343 e. The lowest BCUT2D eigenvalue weighted by Gasteiger charge is -2.02. The topological polar surface area (TPSA) is 82.6 Å². The van der Waals surface area contributed by atoms with Gasteiger partial charge in [-0.1, -0.05) is 35.9 Å². The van der Waals surface area contributed by atoms with Crippen molar-refractivity contribution >= 4 is 23.5 Å². The van der Waals surface area contributed by atoms with Crippen LogP contribution in [0, 0.1) is 24.0 Å². The Morgan fingerprint density at radius 3 is 2.48 bits per heavy atom. The van der Waals surface area contributed by atoms with Crippen molar-refractivity contribution in [1.29, 1.82) is 0 Å². The Kier molecular flexibility index (Phi) is 4.60. The van der Waals surface area contributed by atoms with Gasteiger partial charge in [0.1, 0.15) is 17.3 Å². The number of hydrogen-bond donors (Lipinski definition) is 0. The third-order valence-corrected chi connectivity index (χ3v) is 4.68. The van der Waals surface area contributed by atoms with E-state index in [4.69, 9.17) is 9.15 Å². The van der Waals surface area contributed by atoms with Gasteiger partial charge in [0, 0.05) is 23.3 Å². The molecule has 6 heteroatoms. The van der Waals surface area contributed by atoms with Gasteiger partial charge >= 0.3 is 5.97 Å². The molecular formula is C23H17NO5. The van der Waals surface area contributed by atoms with Crippen molar-refractivity contribution in [2.75, 3.05) is 0 Å². The Balaban J connectivity index is 1.64. The van der Waals surface area contributed by atoms with Gasteiger partial charge in [0.25, 0.3) is 5.69 Å². The van der Waals surface area contributed by atoms with Crippen molar-refractivity contribution in [3.8, 4) is 11.3 Å². The number of aryl methyl sites for hydroxylation is 2. The van der Waals surface area contributed by atoms with Gasteiger partial charge in [0.2, 0.25) is 0 Å². The number of furan rings is 1. The number of carbonyl (C=O) groups is 1. The highest BCUT2D eigenvalue weighted by Crippen LogP contribution is 2.31. The second-order valence-electron chi connectivity index (χ2n) is 6.82. The Morgan fingerprint density at radius 1 is 1.00 bits per heavy atom. The molecule has 0 radical (unpaired) electrons. The second kappa shape index (κ2) is 7.24. The van der Waals surface area contributed by atoms with Crippen molar-refractivity contribution in [2.24, 2.45) is 0 Å². The van der Waals surface area contributed by atoms with Gasteiger partial charge in [-0.15, -0.1) is 0 Å². The molecular weight excluding hydrogens is 370 g/mol. The Labute approximate surface area is 166 Å². The molecule has 4 rings (SSSR count). The fourth-order valence-corrected chi connectivity index (χ4v) is 3.07. The average Bonchev–Trinajstić information content (AvgIpc) is 3.30. The van der Waals surface area contributed by atoms with Crippen LogP contribution in [0.1, 0.15) is 22.5 Å². The molecule has 1 aliphatic heterocycles. The molecule has 0 fully saturated rings. The van der Waals surface area contributed by atoms with E-state index < -0.39 is 10.9 Å². The first kappa shape index (κ1) is 18.4. The Hall–Kier alpha value is -3.93. The summed E-state index contributed by atoms with van der Waals surface area (Å²) in [4.78, 5) is 22.8. The summed E-state index contributed by atoms with van der Waals surface area (Å²) >= 11 is 0. The zero-order valence-electron chi connectivity index (χ0n) is 15.8. The number of nitrogens with zero attached hydrogens (tertiary/aromatic N) is 1. The highest BCUT2D eigenvalue weighted by atomic mass is 16.6. The summed E-state index contributed by atoms with van der Waals surface area (Å²) in [5, 5.41) is 11.0. The third-order valence-electron chi connectivity index (χ3n) is 4.68. The number of benzene rings is 2. The normalized spacial score (nSPS) is 14.8. The molecule has 0 saturated heterocycles. The fraction of sp³-hybridized carbons (Fsp3) is 0.0870. The van der Waals surface area contributed by atoms with Crippen LogP contribution in [0.2, 0.25) is 0 Å². The molecule has 29 heavy (non-hydrogen) atoms. The van der Waals surface area contributed by atoms with E-state index in [0.29, 0.717) is 28.4 Å². The molecule has 0 unspecified atom stereocenters. The molecule has 3 aromatic rings. The molecule has 2 heterocycles. The van der Waals surface area contributed by atoms with Crippen LogP contribution in [-0.4, -0.2) is 10.9 Å². The molecule has 144 valence electrons. The van der Waals surface area contributed by atoms with Gasteiger partial charge in [0.15, 0.2) is 0 Å². The summed E-state index contributed by atoms with van der Waals surface area (Å²) in [6, 6.07) is 15.7. The number of hydrogen-bond acceptors (Lipinski definition) is 5. The van der Waals surface area contributed by atoms with Crippen LogP contribution in [0.4, 0.5) is 5.69 Å². The molecule has 0 amide bonds. The summed E-state index contributed by atoms with van der Waals surface area (Å²) in [7, 11) is 0. The SMILES string of the molecule is Cc1ccc(C2=CC(=Cc3ccc(-c4cc([N+](=O)[O-])ccc4C)o3)C(=O)O2)cc1. The number of esters is 1. The quantitative estimate of drug-likeness (QED) is 0.257. The van der Waals surface area contributed by atoms with Gasteiger partial charge in [0.05, 0.1) is 10.5 Å². The van der Waals surface area contributed by atoms with Crippen molar-refractivity contribution in [3.63, 3.8) is 0 Å². The van der Waals surface area contributed by atoms with Crippen LogP contribution in [-0.2, 0) is 9.53 Å². The van der Waals surface area contributed by atoms with Crippen LogP contribution in [0.15, 0.2) is 70.7 Å². The lowest BCUT2D eigenvalue weighted by Crippen LogP contribution is -1.96. The minimum Gasteiger partial charge on any atom is -0.457 e. The lowest BCUT2D eigenvalue weighted by molar-refractivity contribution is -0.384. The van der Waals surface area contributed by atoms with E-state index in [1.165, 1.54) is 12.1 Å². The number of nitro groups is 1. The molecule has 0 atom stereocenters. The number of cyclic esters (lactones) is 1. The van der Waals surface area contributed by atoms with Gasteiger partial charge in [-0.3, -0.25) is 10.1 Å². The maximum absolute atomic E-state index is 12.2. The molecule has 0 spiro atoms. The van der Waals surface area contributed by atoms with E-state index in [0.717, 1.165) is 16.7 Å². The minimum absolute atomic E-state index is 0.00746. The molecule has 0 bridgehead atoms. The highest BCUT2D eigenvalue weighted by Gasteiger charge is 2.22. The maximum Gasteiger partial charge on any atom is 0.343 e. The van der Waals surface area contributed by atoms with Crippen LogP contribution < -0.4 is 0 Å². The van der Waals surface area contributed by atoms with Gasteiger partial charge in [-0.05, 0) is 43.7 Å². The van der Waals surface area contributed by atoms with E-state index in [1.807, 2.05) is 38.1 Å². The van der Waals surface area contributed by atoms with Gasteiger partial charge in [-0.2, -0.15) is 0 Å². The number of nitro benzene ring substituents is 1. The monoisotopic (exact) mass is 387 g/mol. The molecule has 0 aliphatic carbocycles. The summed E-state index contributed by atoms with van der Waals surface area (Å²) < 4.78 is 11.2. The minimum atomic E-state index is -0.454. The molecule has 2 aromatic carbocycles. The first-order valence-electron chi connectivity index (χ1n) is 8.98. The van der Waals surface area contributed by atoms with E-state index in [2.05, 4.69) is 0 Å². The van der Waals surface area contributed by atoms with Crippen LogP contribution in [0.25, 0.3) is 23.2 Å². The average molecular weight is 387 g/mol. The molecule has 0 N–H and O–H groups in total. The summed E-state index contributed by atoms with van der Waals surface area (Å²) in [6.07, 6.45) is 3.27. The molecule has 6 nitrogen and oxygen atoms in total. The van der Waals surface area contributed by atoms with Crippen LogP contribution in [0.3, 0.4) is 0 Å². The summed E-state index contributed by atoms with van der Waals surface area (Å²) in [6.45, 7) is 3.84. The van der Waals surface area contributed by atoms with Crippen LogP contribution in [0.5, 0.6) is 0 Å². The van der Waals surface area contributed by atoms with Crippen molar-refractivity contribution in [2.45, 2.75) is 13.8 Å². The molecule has 1 aliphatic rings. The number of carbonyl (C=O) groups excluding carboxylic acids is 1.